The second kappa shape index (κ2) is 12.7. The van der Waals surface area contributed by atoms with Crippen molar-refractivity contribution < 1.29 is 23.8 Å². The summed E-state index contributed by atoms with van der Waals surface area (Å²) in [5.41, 5.74) is -0.505. The van der Waals surface area contributed by atoms with Crippen molar-refractivity contribution in [3.63, 3.8) is 0 Å². The van der Waals surface area contributed by atoms with Gasteiger partial charge in [-0.3, -0.25) is 4.79 Å². The lowest BCUT2D eigenvalue weighted by atomic mass is 10.2. The summed E-state index contributed by atoms with van der Waals surface area (Å²) in [4.78, 5) is 22.2. The Labute approximate surface area is 122 Å². The van der Waals surface area contributed by atoms with Gasteiger partial charge in [0.2, 0.25) is 0 Å². The maximum absolute atomic E-state index is 11.2. The molecule has 0 saturated heterocycles. The minimum Gasteiger partial charge on any atom is -0.466 e. The van der Waals surface area contributed by atoms with Gasteiger partial charge in [0, 0.05) is 6.54 Å². The molecule has 0 fully saturated rings. The Balaban J connectivity index is 0. The summed E-state index contributed by atoms with van der Waals surface area (Å²) in [5.74, 6) is -0.280. The van der Waals surface area contributed by atoms with Crippen LogP contribution in [-0.2, 0) is 19.0 Å². The fourth-order valence-electron chi connectivity index (χ4n) is 1.03. The van der Waals surface area contributed by atoms with Gasteiger partial charge in [-0.1, -0.05) is 13.8 Å². The van der Waals surface area contributed by atoms with Gasteiger partial charge in [0.1, 0.15) is 5.60 Å². The van der Waals surface area contributed by atoms with E-state index in [1.54, 1.807) is 27.7 Å². The minimum atomic E-state index is -0.505. The first-order chi connectivity index (χ1) is 9.35. The molecule has 120 valence electrons. The number of rotatable bonds is 7. The molecule has 0 aromatic rings. The molecule has 0 aliphatic heterocycles. The highest BCUT2D eigenvalue weighted by Crippen LogP contribution is 2.05. The van der Waals surface area contributed by atoms with E-state index in [0.29, 0.717) is 19.8 Å². The third-order valence-electron chi connectivity index (χ3n) is 1.67. The van der Waals surface area contributed by atoms with Gasteiger partial charge in [-0.05, 0) is 27.7 Å². The first-order valence-electron chi connectivity index (χ1n) is 7.05. The van der Waals surface area contributed by atoms with Crippen LogP contribution in [0.5, 0.6) is 0 Å². The van der Waals surface area contributed by atoms with Gasteiger partial charge < -0.3 is 19.5 Å². The number of hydrogen-bond donors (Lipinski definition) is 1. The lowest BCUT2D eigenvalue weighted by molar-refractivity contribution is -0.144. The Hall–Kier alpha value is -1.30. The smallest absolute Gasteiger partial charge is 0.407 e. The number of nitrogens with one attached hydrogen (secondary N) is 1. The van der Waals surface area contributed by atoms with Crippen LogP contribution in [0.2, 0.25) is 0 Å². The van der Waals surface area contributed by atoms with Crippen molar-refractivity contribution in [3.05, 3.63) is 0 Å². The van der Waals surface area contributed by atoms with Gasteiger partial charge in [-0.15, -0.1) is 0 Å². The standard InChI is InChI=1S/C12H23NO5.C2H6/c1-5-17-10(14)6-8-16-9-7-13-11(15)18-12(2,3)4;1-2/h5-9H2,1-4H3,(H,13,15);1-2H3. The average Bonchev–Trinajstić information content (AvgIpc) is 2.34. The van der Waals surface area contributed by atoms with Gasteiger partial charge in [0.15, 0.2) is 0 Å². The molecule has 0 radical (unpaired) electrons. The highest BCUT2D eigenvalue weighted by Gasteiger charge is 2.15. The Kier molecular flexibility index (Phi) is 13.4. The monoisotopic (exact) mass is 291 g/mol. The van der Waals surface area contributed by atoms with Crippen molar-refractivity contribution in [2.75, 3.05) is 26.4 Å². The average molecular weight is 291 g/mol. The first-order valence-corrected chi connectivity index (χ1v) is 7.05. The normalized spacial score (nSPS) is 10.1. The molecule has 0 atom stereocenters. The molecular weight excluding hydrogens is 262 g/mol. The van der Waals surface area contributed by atoms with Crippen LogP contribution in [-0.4, -0.2) is 44.0 Å². The predicted molar refractivity (Wildman–Crippen MR) is 77.7 cm³/mol. The van der Waals surface area contributed by atoms with Gasteiger partial charge in [-0.25, -0.2) is 4.79 Å². The maximum Gasteiger partial charge on any atom is 0.407 e. The summed E-state index contributed by atoms with van der Waals surface area (Å²) in [5, 5.41) is 2.55. The summed E-state index contributed by atoms with van der Waals surface area (Å²) in [7, 11) is 0. The number of carbonyl (C=O) groups excluding carboxylic acids is 2. The van der Waals surface area contributed by atoms with E-state index in [2.05, 4.69) is 5.32 Å². The zero-order chi connectivity index (χ0) is 16.0. The Morgan fingerprint density at radius 2 is 1.70 bits per heavy atom. The first kappa shape index (κ1) is 21.0. The molecule has 6 heteroatoms. The SMILES string of the molecule is CC.CCOC(=O)CCOCCNC(=O)OC(C)(C)C. The van der Waals surface area contributed by atoms with Crippen molar-refractivity contribution in [1.82, 2.24) is 5.32 Å². The molecule has 1 amide bonds. The van der Waals surface area contributed by atoms with Crippen LogP contribution in [0.4, 0.5) is 4.79 Å². The van der Waals surface area contributed by atoms with Gasteiger partial charge in [-0.2, -0.15) is 0 Å². The summed E-state index contributed by atoms with van der Waals surface area (Å²) in [6, 6.07) is 0. The van der Waals surface area contributed by atoms with Crippen LogP contribution in [0.25, 0.3) is 0 Å². The number of esters is 1. The summed E-state index contributed by atoms with van der Waals surface area (Å²) < 4.78 is 14.9. The number of hydrogen-bond acceptors (Lipinski definition) is 5. The van der Waals surface area contributed by atoms with E-state index >= 15 is 0 Å². The molecule has 0 aromatic carbocycles. The highest BCUT2D eigenvalue weighted by atomic mass is 16.6. The number of ether oxygens (including phenoxy) is 3. The van der Waals surface area contributed by atoms with Crippen LogP contribution in [0.15, 0.2) is 0 Å². The lowest BCUT2D eigenvalue weighted by Gasteiger charge is -2.19. The van der Waals surface area contributed by atoms with Crippen molar-refractivity contribution in [2.24, 2.45) is 0 Å². The van der Waals surface area contributed by atoms with Gasteiger partial charge >= 0.3 is 12.1 Å². The van der Waals surface area contributed by atoms with E-state index in [1.807, 2.05) is 13.8 Å². The lowest BCUT2D eigenvalue weighted by Crippen LogP contribution is -2.34. The highest BCUT2D eigenvalue weighted by molar-refractivity contribution is 5.69. The zero-order valence-corrected chi connectivity index (χ0v) is 13.6. The zero-order valence-electron chi connectivity index (χ0n) is 13.6. The summed E-state index contributed by atoms with van der Waals surface area (Å²) in [6.45, 7) is 12.5. The molecule has 0 rings (SSSR count). The molecule has 0 aliphatic rings. The van der Waals surface area contributed by atoms with E-state index in [4.69, 9.17) is 14.2 Å². The molecule has 0 saturated carbocycles. The summed E-state index contributed by atoms with van der Waals surface area (Å²) in [6.07, 6.45) is -0.253. The van der Waals surface area contributed by atoms with Crippen LogP contribution in [0, 0.1) is 0 Å². The van der Waals surface area contributed by atoms with Crippen LogP contribution < -0.4 is 5.32 Å². The van der Waals surface area contributed by atoms with Gasteiger partial charge in [0.25, 0.3) is 0 Å². The van der Waals surface area contributed by atoms with Crippen molar-refractivity contribution in [3.8, 4) is 0 Å². The van der Waals surface area contributed by atoms with Crippen molar-refractivity contribution >= 4 is 12.1 Å². The van der Waals surface area contributed by atoms with Gasteiger partial charge in [0.05, 0.1) is 26.2 Å². The largest absolute Gasteiger partial charge is 0.466 e. The molecular formula is C14H29NO5. The number of carbonyl (C=O) groups is 2. The fraction of sp³-hybridized carbons (Fsp3) is 0.857. The second-order valence-electron chi connectivity index (χ2n) is 4.60. The maximum atomic E-state index is 11.2. The quantitative estimate of drug-likeness (QED) is 0.576. The van der Waals surface area contributed by atoms with E-state index < -0.39 is 11.7 Å². The molecule has 6 nitrogen and oxygen atoms in total. The molecule has 0 aromatic heterocycles. The van der Waals surface area contributed by atoms with E-state index in [9.17, 15) is 9.59 Å². The van der Waals surface area contributed by atoms with Crippen LogP contribution in [0.3, 0.4) is 0 Å². The molecule has 0 spiro atoms. The topological polar surface area (TPSA) is 73.9 Å². The van der Waals surface area contributed by atoms with E-state index in [-0.39, 0.29) is 19.0 Å². The Bertz CT molecular complexity index is 261. The Morgan fingerprint density at radius 1 is 1.10 bits per heavy atom. The number of alkyl carbamates (subject to hydrolysis) is 1. The van der Waals surface area contributed by atoms with E-state index in [1.165, 1.54) is 0 Å². The second-order valence-corrected chi connectivity index (χ2v) is 4.60. The molecule has 0 heterocycles. The molecule has 0 bridgehead atoms. The van der Waals surface area contributed by atoms with E-state index in [0.717, 1.165) is 0 Å². The molecule has 20 heavy (non-hydrogen) atoms. The van der Waals surface area contributed by atoms with Crippen molar-refractivity contribution in [1.29, 1.82) is 0 Å². The van der Waals surface area contributed by atoms with Crippen LogP contribution in [0.1, 0.15) is 48.0 Å². The Morgan fingerprint density at radius 3 is 2.20 bits per heavy atom. The molecule has 0 unspecified atom stereocenters. The van der Waals surface area contributed by atoms with Crippen LogP contribution >= 0.6 is 0 Å². The fourth-order valence-corrected chi connectivity index (χ4v) is 1.03. The summed E-state index contributed by atoms with van der Waals surface area (Å²) >= 11 is 0. The number of amides is 1. The van der Waals surface area contributed by atoms with Crippen molar-refractivity contribution in [2.45, 2.75) is 53.6 Å². The molecule has 0 aliphatic carbocycles. The molecule has 1 N–H and O–H groups in total. The predicted octanol–water partition coefficient (Wildman–Crippen LogP) is 2.51. The third kappa shape index (κ3) is 16.7. The third-order valence-corrected chi connectivity index (χ3v) is 1.67. The minimum absolute atomic E-state index is 0.222.